The summed E-state index contributed by atoms with van der Waals surface area (Å²) in [6.45, 7) is 1.73. The number of rotatable bonds is 5. The Morgan fingerprint density at radius 2 is 1.62 bits per heavy atom. The van der Waals surface area contributed by atoms with Crippen molar-refractivity contribution in [2.45, 2.75) is 10.9 Å². The molecule has 0 bridgehead atoms. The number of carbonyl (C=O) groups is 2. The lowest BCUT2D eigenvalue weighted by atomic mass is 10.1. The number of benzene rings is 1. The molecule has 1 fully saturated rings. The van der Waals surface area contributed by atoms with Gasteiger partial charge in [0.1, 0.15) is 5.58 Å². The third kappa shape index (κ3) is 3.99. The van der Waals surface area contributed by atoms with Gasteiger partial charge in [0.2, 0.25) is 0 Å². The molecule has 0 radical (unpaired) electrons. The van der Waals surface area contributed by atoms with Crippen LogP contribution in [0.15, 0.2) is 75.1 Å². The minimum atomic E-state index is -0.170. The van der Waals surface area contributed by atoms with Gasteiger partial charge in [-0.2, -0.15) is 0 Å². The summed E-state index contributed by atoms with van der Waals surface area (Å²) >= 11 is 1.46. The first-order chi connectivity index (χ1) is 15.7. The van der Waals surface area contributed by atoms with E-state index in [1.165, 1.54) is 18.0 Å². The van der Waals surface area contributed by atoms with Crippen LogP contribution in [0.3, 0.4) is 0 Å². The summed E-state index contributed by atoms with van der Waals surface area (Å²) in [6.07, 6.45) is 4.87. The van der Waals surface area contributed by atoms with E-state index in [0.717, 1.165) is 10.9 Å². The number of nitrogens with zero attached hydrogens (tertiary/aromatic N) is 4. The van der Waals surface area contributed by atoms with E-state index in [1.54, 1.807) is 40.4 Å². The fraction of sp³-hybridized carbons (Fsp3) is 0.217. The number of aromatic nitrogens is 2. The van der Waals surface area contributed by atoms with Crippen molar-refractivity contribution in [1.82, 2.24) is 19.8 Å². The van der Waals surface area contributed by atoms with E-state index in [4.69, 9.17) is 8.83 Å². The van der Waals surface area contributed by atoms with E-state index >= 15 is 0 Å². The Labute approximate surface area is 188 Å². The van der Waals surface area contributed by atoms with E-state index < -0.39 is 0 Å². The molecule has 32 heavy (non-hydrogen) atoms. The Morgan fingerprint density at radius 1 is 0.906 bits per heavy atom. The number of amides is 2. The maximum Gasteiger partial charge on any atom is 0.290 e. The van der Waals surface area contributed by atoms with E-state index in [1.807, 2.05) is 24.3 Å². The van der Waals surface area contributed by atoms with Crippen LogP contribution in [0.2, 0.25) is 0 Å². The monoisotopic (exact) mass is 448 g/mol. The summed E-state index contributed by atoms with van der Waals surface area (Å²) in [6, 6.07) is 12.7. The molecule has 5 rings (SSSR count). The zero-order valence-electron chi connectivity index (χ0n) is 17.1. The van der Waals surface area contributed by atoms with Gasteiger partial charge in [-0.05, 0) is 24.3 Å². The number of fused-ring (bicyclic) bond motifs is 1. The van der Waals surface area contributed by atoms with Gasteiger partial charge in [-0.1, -0.05) is 30.0 Å². The van der Waals surface area contributed by atoms with Gasteiger partial charge in [0.05, 0.1) is 6.26 Å². The molecule has 0 unspecified atom stereocenters. The molecule has 0 saturated carbocycles. The molecule has 3 aromatic heterocycles. The number of hydrogen-bond acceptors (Lipinski definition) is 7. The molecule has 1 aliphatic heterocycles. The Bertz CT molecular complexity index is 1230. The van der Waals surface area contributed by atoms with E-state index in [0.29, 0.717) is 54.2 Å². The molecule has 162 valence electrons. The van der Waals surface area contributed by atoms with Crippen LogP contribution >= 0.6 is 11.8 Å². The summed E-state index contributed by atoms with van der Waals surface area (Å²) in [4.78, 5) is 37.8. The third-order valence-electron chi connectivity index (χ3n) is 5.37. The molecular formula is C23H20N4O4S. The van der Waals surface area contributed by atoms with Gasteiger partial charge in [0, 0.05) is 55.3 Å². The first kappa shape index (κ1) is 20.3. The predicted octanol–water partition coefficient (Wildman–Crippen LogP) is 3.71. The van der Waals surface area contributed by atoms with Gasteiger partial charge in [-0.3, -0.25) is 9.59 Å². The molecule has 1 aromatic carbocycles. The van der Waals surface area contributed by atoms with Crippen LogP contribution in [0.1, 0.15) is 26.7 Å². The Balaban J connectivity index is 1.34. The zero-order valence-corrected chi connectivity index (χ0v) is 18.0. The normalized spacial score (nSPS) is 14.1. The molecule has 4 aromatic rings. The second-order valence-corrected chi connectivity index (χ2v) is 8.23. The number of para-hydroxylation sites is 1. The first-order valence-corrected chi connectivity index (χ1v) is 11.2. The van der Waals surface area contributed by atoms with Crippen molar-refractivity contribution in [1.29, 1.82) is 0 Å². The maximum atomic E-state index is 13.4. The SMILES string of the molecule is O=C(c1ccco1)N1CCN(C(=O)c2oc3ccccc3c2CSc2ncccn2)CC1. The summed E-state index contributed by atoms with van der Waals surface area (Å²) in [5.41, 5.74) is 1.50. The molecule has 0 aliphatic carbocycles. The largest absolute Gasteiger partial charge is 0.459 e. The fourth-order valence-corrected chi connectivity index (χ4v) is 4.55. The highest BCUT2D eigenvalue weighted by Gasteiger charge is 2.30. The number of piperazine rings is 1. The smallest absolute Gasteiger partial charge is 0.290 e. The van der Waals surface area contributed by atoms with Gasteiger partial charge < -0.3 is 18.6 Å². The van der Waals surface area contributed by atoms with Crippen LogP contribution in [0.4, 0.5) is 0 Å². The number of furan rings is 2. The van der Waals surface area contributed by atoms with Crippen molar-refractivity contribution >= 4 is 34.5 Å². The lowest BCUT2D eigenvalue weighted by Crippen LogP contribution is -2.50. The minimum absolute atomic E-state index is 0.161. The van der Waals surface area contributed by atoms with E-state index in [9.17, 15) is 9.59 Å². The molecule has 8 nitrogen and oxygen atoms in total. The predicted molar refractivity (Wildman–Crippen MR) is 118 cm³/mol. The molecule has 4 heterocycles. The van der Waals surface area contributed by atoms with Gasteiger partial charge in [0.25, 0.3) is 11.8 Å². The van der Waals surface area contributed by atoms with Crippen LogP contribution < -0.4 is 0 Å². The third-order valence-corrected chi connectivity index (χ3v) is 6.27. The molecule has 0 spiro atoms. The van der Waals surface area contributed by atoms with Crippen molar-refractivity contribution in [3.63, 3.8) is 0 Å². The second-order valence-electron chi connectivity index (χ2n) is 7.29. The molecule has 9 heteroatoms. The summed E-state index contributed by atoms with van der Waals surface area (Å²) < 4.78 is 11.2. The minimum Gasteiger partial charge on any atom is -0.459 e. The maximum absolute atomic E-state index is 13.4. The van der Waals surface area contributed by atoms with Crippen molar-refractivity contribution < 1.29 is 18.4 Å². The Morgan fingerprint density at radius 3 is 2.34 bits per heavy atom. The lowest BCUT2D eigenvalue weighted by molar-refractivity contribution is 0.0503. The van der Waals surface area contributed by atoms with Crippen molar-refractivity contribution in [3.05, 3.63) is 78.2 Å². The number of hydrogen-bond donors (Lipinski definition) is 0. The van der Waals surface area contributed by atoms with Gasteiger partial charge in [-0.25, -0.2) is 9.97 Å². The number of thioether (sulfide) groups is 1. The van der Waals surface area contributed by atoms with Crippen LogP contribution in [-0.4, -0.2) is 57.8 Å². The number of carbonyl (C=O) groups excluding carboxylic acids is 2. The highest BCUT2D eigenvalue weighted by Crippen LogP contribution is 2.32. The van der Waals surface area contributed by atoms with Crippen molar-refractivity contribution in [2.24, 2.45) is 0 Å². The highest BCUT2D eigenvalue weighted by atomic mass is 32.2. The van der Waals surface area contributed by atoms with E-state index in [2.05, 4.69) is 9.97 Å². The Hall–Kier alpha value is -3.59. The lowest BCUT2D eigenvalue weighted by Gasteiger charge is -2.34. The fourth-order valence-electron chi connectivity index (χ4n) is 3.72. The van der Waals surface area contributed by atoms with E-state index in [-0.39, 0.29) is 11.8 Å². The van der Waals surface area contributed by atoms with Crippen molar-refractivity contribution in [3.8, 4) is 0 Å². The average molecular weight is 449 g/mol. The molecule has 0 N–H and O–H groups in total. The van der Waals surface area contributed by atoms with Crippen molar-refractivity contribution in [2.75, 3.05) is 26.2 Å². The first-order valence-electron chi connectivity index (χ1n) is 10.2. The quantitative estimate of drug-likeness (QED) is 0.339. The summed E-state index contributed by atoms with van der Waals surface area (Å²) in [5.74, 6) is 0.825. The second kappa shape index (κ2) is 8.88. The van der Waals surface area contributed by atoms with Gasteiger partial charge in [-0.15, -0.1) is 0 Å². The summed E-state index contributed by atoms with van der Waals surface area (Å²) in [5, 5.41) is 1.55. The van der Waals surface area contributed by atoms with Crippen LogP contribution in [0.25, 0.3) is 11.0 Å². The standard InChI is InChI=1S/C23H20N4O4S/c28-21(19-7-3-14-30-19)26-10-12-27(13-11-26)22(29)20-17(15-32-23-24-8-4-9-25-23)16-5-1-2-6-18(16)31-20/h1-9,14H,10-13,15H2. The van der Waals surface area contributed by atoms with Crippen LogP contribution in [0, 0.1) is 0 Å². The molecule has 0 atom stereocenters. The summed E-state index contributed by atoms with van der Waals surface area (Å²) in [7, 11) is 0. The van der Waals surface area contributed by atoms with Gasteiger partial charge >= 0.3 is 0 Å². The average Bonchev–Trinajstić information content (AvgIpc) is 3.51. The Kier molecular flexibility index (Phi) is 5.64. The van der Waals surface area contributed by atoms with Gasteiger partial charge in [0.15, 0.2) is 16.7 Å². The topological polar surface area (TPSA) is 92.7 Å². The van der Waals surface area contributed by atoms with Crippen LogP contribution in [-0.2, 0) is 5.75 Å². The molecular weight excluding hydrogens is 428 g/mol. The molecule has 2 amide bonds. The zero-order chi connectivity index (χ0) is 21.9. The highest BCUT2D eigenvalue weighted by molar-refractivity contribution is 7.98. The molecule has 1 aliphatic rings. The molecule has 1 saturated heterocycles. The van der Waals surface area contributed by atoms with Crippen LogP contribution in [0.5, 0.6) is 0 Å².